The highest BCUT2D eigenvalue weighted by Gasteiger charge is 2.12. The van der Waals surface area contributed by atoms with Gasteiger partial charge in [-0.05, 0) is 42.5 Å². The minimum atomic E-state index is -0.330. The maximum Gasteiger partial charge on any atom is 0.287 e. The Labute approximate surface area is 150 Å². The number of hydrogen-bond donors (Lipinski definition) is 1. The first-order chi connectivity index (χ1) is 12.7. The molecule has 0 spiro atoms. The molecule has 0 fully saturated rings. The van der Waals surface area contributed by atoms with Gasteiger partial charge in [-0.3, -0.25) is 4.79 Å². The molecule has 0 aliphatic heterocycles. The number of amides is 1. The molecule has 0 radical (unpaired) electrons. The van der Waals surface area contributed by atoms with Crippen molar-refractivity contribution in [3.8, 4) is 11.5 Å². The average molecular weight is 355 g/mol. The summed E-state index contributed by atoms with van der Waals surface area (Å²) >= 11 is 0. The Morgan fingerprint density at radius 3 is 2.62 bits per heavy atom. The molecule has 0 atom stereocenters. The summed E-state index contributed by atoms with van der Waals surface area (Å²) < 4.78 is 29.1. The van der Waals surface area contributed by atoms with Gasteiger partial charge in [0, 0.05) is 12.1 Å². The number of hydrogen-bond acceptors (Lipinski definition) is 4. The average Bonchev–Trinajstić information content (AvgIpc) is 3.15. The van der Waals surface area contributed by atoms with Crippen molar-refractivity contribution in [1.82, 2.24) is 5.32 Å². The molecule has 2 aromatic carbocycles. The lowest BCUT2D eigenvalue weighted by molar-refractivity contribution is 0.0919. The van der Waals surface area contributed by atoms with E-state index in [-0.39, 0.29) is 24.1 Å². The molecule has 3 rings (SSSR count). The van der Waals surface area contributed by atoms with E-state index in [1.165, 1.54) is 24.3 Å². The molecule has 6 heteroatoms. The molecule has 134 valence electrons. The lowest BCUT2D eigenvalue weighted by Gasteiger charge is -2.08. The van der Waals surface area contributed by atoms with Gasteiger partial charge in [0.05, 0.1) is 7.11 Å². The minimum absolute atomic E-state index is 0.144. The first kappa shape index (κ1) is 17.5. The van der Waals surface area contributed by atoms with Crippen LogP contribution < -0.4 is 14.8 Å². The molecule has 0 aliphatic rings. The van der Waals surface area contributed by atoms with Crippen LogP contribution in [0.25, 0.3) is 0 Å². The van der Waals surface area contributed by atoms with Gasteiger partial charge < -0.3 is 19.2 Å². The van der Waals surface area contributed by atoms with E-state index in [1.54, 1.807) is 19.2 Å². The lowest BCUT2D eigenvalue weighted by Crippen LogP contribution is -2.22. The molecule has 0 bridgehead atoms. The maximum atomic E-state index is 12.9. The summed E-state index contributed by atoms with van der Waals surface area (Å²) in [4.78, 5) is 12.2. The zero-order chi connectivity index (χ0) is 18.4. The normalized spacial score (nSPS) is 10.4. The highest BCUT2D eigenvalue weighted by Crippen LogP contribution is 2.18. The van der Waals surface area contributed by atoms with Gasteiger partial charge in [-0.25, -0.2) is 4.39 Å². The summed E-state index contributed by atoms with van der Waals surface area (Å²) in [5, 5.41) is 2.79. The number of benzene rings is 2. The van der Waals surface area contributed by atoms with Crippen LogP contribution in [0, 0.1) is 5.82 Å². The maximum absolute atomic E-state index is 12.9. The van der Waals surface area contributed by atoms with Gasteiger partial charge in [0.1, 0.15) is 29.7 Å². The largest absolute Gasteiger partial charge is 0.496 e. The second-order valence-electron chi connectivity index (χ2n) is 5.50. The van der Waals surface area contributed by atoms with Crippen molar-refractivity contribution < 1.29 is 23.1 Å². The van der Waals surface area contributed by atoms with Crippen LogP contribution in [0.2, 0.25) is 0 Å². The topological polar surface area (TPSA) is 60.7 Å². The number of nitrogens with one attached hydrogen (secondary N) is 1. The van der Waals surface area contributed by atoms with Crippen LogP contribution in [0.15, 0.2) is 65.1 Å². The third-order valence-corrected chi connectivity index (χ3v) is 3.71. The van der Waals surface area contributed by atoms with Crippen molar-refractivity contribution in [3.05, 3.63) is 83.6 Å². The summed E-state index contributed by atoms with van der Waals surface area (Å²) in [6, 6.07) is 16.4. The van der Waals surface area contributed by atoms with E-state index >= 15 is 0 Å². The number of para-hydroxylation sites is 1. The number of furan rings is 1. The van der Waals surface area contributed by atoms with Crippen LogP contribution >= 0.6 is 0 Å². The fourth-order valence-electron chi connectivity index (χ4n) is 2.37. The molecule has 1 N–H and O–H groups in total. The van der Waals surface area contributed by atoms with Crippen molar-refractivity contribution in [2.75, 3.05) is 7.11 Å². The standard InChI is InChI=1S/C20H18FNO4/c1-24-18-5-3-2-4-14(18)12-22-20(23)19-11-10-17(26-19)13-25-16-8-6-15(21)7-9-16/h2-11H,12-13H2,1H3,(H,22,23). The Morgan fingerprint density at radius 2 is 1.85 bits per heavy atom. The molecule has 5 nitrogen and oxygen atoms in total. The van der Waals surface area contributed by atoms with Crippen molar-refractivity contribution in [2.24, 2.45) is 0 Å². The third-order valence-electron chi connectivity index (χ3n) is 3.71. The Hall–Kier alpha value is -3.28. The molecule has 0 saturated heterocycles. The monoisotopic (exact) mass is 355 g/mol. The fraction of sp³-hybridized carbons (Fsp3) is 0.150. The Balaban J connectivity index is 1.55. The third kappa shape index (κ3) is 4.42. The highest BCUT2D eigenvalue weighted by molar-refractivity contribution is 5.91. The number of carbonyl (C=O) groups is 1. The first-order valence-corrected chi connectivity index (χ1v) is 8.03. The van der Waals surface area contributed by atoms with E-state index in [0.29, 0.717) is 23.8 Å². The second kappa shape index (κ2) is 8.20. The second-order valence-corrected chi connectivity index (χ2v) is 5.50. The van der Waals surface area contributed by atoms with Gasteiger partial charge in [0.25, 0.3) is 5.91 Å². The van der Waals surface area contributed by atoms with Crippen molar-refractivity contribution in [3.63, 3.8) is 0 Å². The number of rotatable bonds is 7. The molecular weight excluding hydrogens is 337 g/mol. The van der Waals surface area contributed by atoms with Crippen molar-refractivity contribution >= 4 is 5.91 Å². The van der Waals surface area contributed by atoms with E-state index in [0.717, 1.165) is 5.56 Å². The van der Waals surface area contributed by atoms with Gasteiger partial charge in [-0.2, -0.15) is 0 Å². The molecule has 26 heavy (non-hydrogen) atoms. The number of methoxy groups -OCH3 is 1. The fourth-order valence-corrected chi connectivity index (χ4v) is 2.37. The van der Waals surface area contributed by atoms with Crippen molar-refractivity contribution in [1.29, 1.82) is 0 Å². The van der Waals surface area contributed by atoms with E-state index in [9.17, 15) is 9.18 Å². The van der Waals surface area contributed by atoms with Gasteiger partial charge in [0.15, 0.2) is 5.76 Å². The summed E-state index contributed by atoms with van der Waals surface area (Å²) in [6.45, 7) is 0.469. The minimum Gasteiger partial charge on any atom is -0.496 e. The zero-order valence-corrected chi connectivity index (χ0v) is 14.2. The molecule has 1 heterocycles. The molecule has 1 aromatic heterocycles. The van der Waals surface area contributed by atoms with E-state index in [2.05, 4.69) is 5.32 Å². The Morgan fingerprint density at radius 1 is 1.08 bits per heavy atom. The van der Waals surface area contributed by atoms with Gasteiger partial charge in [0.2, 0.25) is 0 Å². The van der Waals surface area contributed by atoms with E-state index < -0.39 is 0 Å². The predicted molar refractivity (Wildman–Crippen MR) is 93.6 cm³/mol. The molecule has 1 amide bonds. The van der Waals surface area contributed by atoms with Gasteiger partial charge in [-0.1, -0.05) is 18.2 Å². The molecule has 3 aromatic rings. The molecule has 0 saturated carbocycles. The summed E-state index contributed by atoms with van der Waals surface area (Å²) in [5.74, 6) is 1.26. The summed E-state index contributed by atoms with van der Waals surface area (Å²) in [6.07, 6.45) is 0. The molecule has 0 unspecified atom stereocenters. The van der Waals surface area contributed by atoms with Crippen LogP contribution in [0.3, 0.4) is 0 Å². The van der Waals surface area contributed by atoms with Crippen LogP contribution in [0.1, 0.15) is 21.9 Å². The van der Waals surface area contributed by atoms with Crippen LogP contribution in [-0.4, -0.2) is 13.0 Å². The lowest BCUT2D eigenvalue weighted by atomic mass is 10.2. The SMILES string of the molecule is COc1ccccc1CNC(=O)c1ccc(COc2ccc(F)cc2)o1. The summed E-state index contributed by atoms with van der Waals surface area (Å²) in [7, 11) is 1.58. The smallest absolute Gasteiger partial charge is 0.287 e. The van der Waals surface area contributed by atoms with Crippen molar-refractivity contribution in [2.45, 2.75) is 13.2 Å². The van der Waals surface area contributed by atoms with E-state index in [1.807, 2.05) is 24.3 Å². The Kier molecular flexibility index (Phi) is 5.53. The number of carbonyl (C=O) groups excluding carboxylic acids is 1. The molecule has 0 aliphatic carbocycles. The predicted octanol–water partition coefficient (Wildman–Crippen LogP) is 3.94. The van der Waals surface area contributed by atoms with Crippen LogP contribution in [-0.2, 0) is 13.2 Å². The highest BCUT2D eigenvalue weighted by atomic mass is 19.1. The van der Waals surface area contributed by atoms with E-state index in [4.69, 9.17) is 13.9 Å². The Bertz CT molecular complexity index is 874. The van der Waals surface area contributed by atoms with Crippen LogP contribution in [0.5, 0.6) is 11.5 Å². The quantitative estimate of drug-likeness (QED) is 0.697. The number of ether oxygens (including phenoxy) is 2. The van der Waals surface area contributed by atoms with Gasteiger partial charge >= 0.3 is 0 Å². The zero-order valence-electron chi connectivity index (χ0n) is 14.2. The summed E-state index contributed by atoms with van der Waals surface area (Å²) in [5.41, 5.74) is 0.870. The van der Waals surface area contributed by atoms with Gasteiger partial charge in [-0.15, -0.1) is 0 Å². The number of halogens is 1. The first-order valence-electron chi connectivity index (χ1n) is 8.03. The van der Waals surface area contributed by atoms with Crippen LogP contribution in [0.4, 0.5) is 4.39 Å². The molecular formula is C20H18FNO4.